The Morgan fingerprint density at radius 2 is 1.54 bits per heavy atom. The Morgan fingerprint density at radius 3 is 1.92 bits per heavy atom. The van der Waals surface area contributed by atoms with E-state index < -0.39 is 26.7 Å². The molecule has 3 nitrogen and oxygen atoms in total. The predicted octanol–water partition coefficient (Wildman–Crippen LogP) is 5.69. The summed E-state index contributed by atoms with van der Waals surface area (Å²) in [4.78, 5) is 7.40. The van der Waals surface area contributed by atoms with Gasteiger partial charge in [-0.05, 0) is 0 Å². The van der Waals surface area contributed by atoms with Gasteiger partial charge >= 0.3 is 157 Å². The van der Waals surface area contributed by atoms with Crippen LogP contribution < -0.4 is 0 Å². The molecular weight excluding hydrogens is 422 g/mol. The van der Waals surface area contributed by atoms with Crippen LogP contribution in [0.3, 0.4) is 0 Å². The van der Waals surface area contributed by atoms with Crippen LogP contribution in [0.1, 0.15) is 46.5 Å². The first kappa shape index (κ1) is 24.7. The van der Waals surface area contributed by atoms with Gasteiger partial charge in [0.1, 0.15) is 0 Å². The molecule has 0 saturated heterocycles. The molecule has 24 heavy (non-hydrogen) atoms. The van der Waals surface area contributed by atoms with Gasteiger partial charge in [0.05, 0.1) is 0 Å². The summed E-state index contributed by atoms with van der Waals surface area (Å²) in [7, 11) is -1.83. The second-order valence-corrected chi connectivity index (χ2v) is 27.3. The Morgan fingerprint density at radius 1 is 1.00 bits per heavy atom. The zero-order chi connectivity index (χ0) is 18.8. The van der Waals surface area contributed by atoms with Crippen LogP contribution >= 0.6 is 0 Å². The van der Waals surface area contributed by atoms with E-state index >= 15 is 0 Å². The summed E-state index contributed by atoms with van der Waals surface area (Å²) >= 11 is -2.33. The van der Waals surface area contributed by atoms with Gasteiger partial charge in [0.2, 0.25) is 0 Å². The monoisotopic (exact) mass is 464 g/mol. The maximum atomic E-state index is 6.64. The fraction of sp³-hybridized carbons (Fsp3) is 0.889. The third-order valence-corrected chi connectivity index (χ3v) is 11.1. The van der Waals surface area contributed by atoms with Crippen LogP contribution in [-0.2, 0) is 13.7 Å². The average molecular weight is 463 g/mol. The molecule has 1 unspecified atom stereocenters. The van der Waals surface area contributed by atoms with E-state index in [9.17, 15) is 0 Å². The summed E-state index contributed by atoms with van der Waals surface area (Å²) in [6.45, 7) is 14.5. The summed E-state index contributed by atoms with van der Waals surface area (Å²) in [6, 6.07) is 0. The molecule has 0 aromatic heterocycles. The fourth-order valence-corrected chi connectivity index (χ4v) is 9.33. The van der Waals surface area contributed by atoms with Crippen LogP contribution in [0, 0.1) is 0 Å². The van der Waals surface area contributed by atoms with Gasteiger partial charge < -0.3 is 0 Å². The fourth-order valence-electron chi connectivity index (χ4n) is 2.74. The van der Waals surface area contributed by atoms with Crippen molar-refractivity contribution < 1.29 is 13.7 Å². The van der Waals surface area contributed by atoms with Gasteiger partial charge in [-0.25, -0.2) is 0 Å². The predicted molar refractivity (Wildman–Crippen MR) is 113 cm³/mol. The topological polar surface area (TPSA) is 27.7 Å². The van der Waals surface area contributed by atoms with Crippen molar-refractivity contribution in [2.45, 2.75) is 87.0 Å². The van der Waals surface area contributed by atoms with Crippen molar-refractivity contribution in [3.63, 3.8) is 0 Å². The van der Waals surface area contributed by atoms with Gasteiger partial charge in [0.15, 0.2) is 0 Å². The molecule has 0 amide bonds. The van der Waals surface area contributed by atoms with Crippen LogP contribution in [-0.4, -0.2) is 53.1 Å². The molecule has 0 aromatic rings. The zero-order valence-corrected chi connectivity index (χ0v) is 21.6. The maximum absolute atomic E-state index is 6.64. The van der Waals surface area contributed by atoms with Gasteiger partial charge in [-0.2, -0.15) is 0 Å². The molecule has 0 aromatic carbocycles. The van der Waals surface area contributed by atoms with E-state index in [2.05, 4.69) is 47.4 Å². The van der Waals surface area contributed by atoms with Crippen molar-refractivity contribution in [1.82, 2.24) is 0 Å². The third kappa shape index (κ3) is 11.3. The molecule has 142 valence electrons. The minimum atomic E-state index is -2.33. The van der Waals surface area contributed by atoms with Crippen molar-refractivity contribution in [3.8, 4) is 0 Å². The normalized spacial score (nSPS) is 14.8. The van der Waals surface area contributed by atoms with Crippen LogP contribution in [0.4, 0.5) is 0 Å². The van der Waals surface area contributed by atoms with Gasteiger partial charge in [0.25, 0.3) is 0 Å². The molecule has 1 atom stereocenters. The molecular formula is C18H41BO3SiSn. The molecule has 0 rings (SSSR count). The molecule has 0 aliphatic heterocycles. The SMILES string of the molecule is CCCCCC(O[Si](C)(C)C)/[C](=C/B(OCC)OCC)[Sn]([CH3])([CH3])[CH3]. The van der Waals surface area contributed by atoms with Crippen LogP contribution in [0.2, 0.25) is 34.5 Å². The molecule has 0 heterocycles. The van der Waals surface area contributed by atoms with Crippen molar-refractivity contribution in [2.75, 3.05) is 13.2 Å². The summed E-state index contributed by atoms with van der Waals surface area (Å²) in [5.41, 5.74) is 0. The molecule has 0 spiro atoms. The van der Waals surface area contributed by atoms with E-state index in [0.717, 1.165) is 6.42 Å². The molecule has 0 fully saturated rings. The zero-order valence-electron chi connectivity index (χ0n) is 17.7. The quantitative estimate of drug-likeness (QED) is 0.260. The Hall–Kier alpha value is 0.701. The Balaban J connectivity index is 5.55. The number of hydrogen-bond donors (Lipinski definition) is 0. The summed E-state index contributed by atoms with van der Waals surface area (Å²) in [5.74, 6) is 2.26. The Labute approximate surface area is 157 Å². The van der Waals surface area contributed by atoms with E-state index in [0.29, 0.717) is 13.2 Å². The first-order valence-corrected chi connectivity index (χ1v) is 23.1. The summed E-state index contributed by atoms with van der Waals surface area (Å²) in [5, 5.41) is 0. The number of rotatable bonds is 13. The summed E-state index contributed by atoms with van der Waals surface area (Å²) in [6.07, 6.45) is 5.14. The number of unbranched alkanes of at least 4 members (excludes halogenated alkanes) is 2. The van der Waals surface area contributed by atoms with Gasteiger partial charge in [0, 0.05) is 0 Å². The van der Waals surface area contributed by atoms with E-state index in [1.54, 1.807) is 0 Å². The van der Waals surface area contributed by atoms with Crippen molar-refractivity contribution >= 4 is 33.8 Å². The molecule has 0 aliphatic carbocycles. The van der Waals surface area contributed by atoms with E-state index in [4.69, 9.17) is 13.7 Å². The molecule has 0 N–H and O–H groups in total. The molecule has 0 aliphatic rings. The first-order chi connectivity index (χ1) is 11.0. The van der Waals surface area contributed by atoms with Gasteiger partial charge in [-0.15, -0.1) is 0 Å². The van der Waals surface area contributed by atoms with Crippen LogP contribution in [0.15, 0.2) is 9.56 Å². The third-order valence-electron chi connectivity index (χ3n) is 3.76. The van der Waals surface area contributed by atoms with Crippen molar-refractivity contribution in [2.24, 2.45) is 0 Å². The van der Waals surface area contributed by atoms with Gasteiger partial charge in [-0.3, -0.25) is 0 Å². The van der Waals surface area contributed by atoms with E-state index in [1.807, 2.05) is 13.8 Å². The molecule has 0 saturated carbocycles. The average Bonchev–Trinajstić information content (AvgIpc) is 2.41. The van der Waals surface area contributed by atoms with E-state index in [1.165, 1.54) is 22.9 Å². The molecule has 0 bridgehead atoms. The van der Waals surface area contributed by atoms with Crippen molar-refractivity contribution in [1.29, 1.82) is 0 Å². The second kappa shape index (κ2) is 12.2. The van der Waals surface area contributed by atoms with Crippen molar-refractivity contribution in [3.05, 3.63) is 9.56 Å². The Kier molecular flexibility index (Phi) is 12.5. The van der Waals surface area contributed by atoms with Crippen LogP contribution in [0.25, 0.3) is 0 Å². The first-order valence-electron chi connectivity index (χ1n) is 9.68. The summed E-state index contributed by atoms with van der Waals surface area (Å²) < 4.78 is 19.8. The Bertz CT molecular complexity index is 358. The second-order valence-electron chi connectivity index (χ2n) is 8.37. The number of hydrogen-bond acceptors (Lipinski definition) is 3. The standard InChI is InChI=1S/C15H32BO3Si.3CH3.Sn/c1-7-10-11-12-15(19-20(4,5)6)13-14-16(17-8-2)18-9-3;;;;/h14-15H,7-12H2,1-6H3;3*1H3;. The molecule has 6 heteroatoms. The molecule has 0 radical (unpaired) electrons. The minimum absolute atomic E-state index is 0.232. The van der Waals surface area contributed by atoms with Crippen LogP contribution in [0.5, 0.6) is 0 Å². The van der Waals surface area contributed by atoms with Gasteiger partial charge in [-0.1, -0.05) is 0 Å². The van der Waals surface area contributed by atoms with E-state index in [-0.39, 0.29) is 13.2 Å².